The third-order valence-electron chi connectivity index (χ3n) is 21.0. The molecule has 0 radical (unpaired) electrons. The van der Waals surface area contributed by atoms with E-state index in [0.29, 0.717) is 117 Å². The number of ether oxygens (including phenoxy) is 6. The van der Waals surface area contributed by atoms with Crippen molar-refractivity contribution in [3.63, 3.8) is 0 Å². The lowest BCUT2D eigenvalue weighted by Gasteiger charge is -2.28. The van der Waals surface area contributed by atoms with E-state index in [1.54, 1.807) is 94.4 Å². The maximum Gasteiger partial charge on any atom is 0.490 e. The molecular formula is C92H100F12N24O18. The number of alkyl halides is 12. The van der Waals surface area contributed by atoms with Crippen molar-refractivity contribution >= 4 is 92.3 Å². The first-order valence-corrected chi connectivity index (χ1v) is 43.8. The Hall–Kier alpha value is -16.6. The molecule has 16 rings (SSSR count). The summed E-state index contributed by atoms with van der Waals surface area (Å²) in [6, 6.07) is 30.3. The molecule has 0 bridgehead atoms. The number of imidazole rings is 4. The largest absolute Gasteiger partial charge is 0.497 e. The van der Waals surface area contributed by atoms with Crippen LogP contribution >= 0.6 is 0 Å². The van der Waals surface area contributed by atoms with Crippen LogP contribution in [0, 0.1) is 61.2 Å². The number of fused-ring (bicyclic) bond motifs is 4. The monoisotopic (exact) mass is 2060 g/mol. The molecule has 0 unspecified atom stereocenters. The number of benzene rings is 4. The number of carboxylic acids is 4. The molecule has 4 saturated heterocycles. The highest BCUT2D eigenvalue weighted by molar-refractivity contribution is 5.79. The summed E-state index contributed by atoms with van der Waals surface area (Å²) in [7, 11) is 9.74. The van der Waals surface area contributed by atoms with Gasteiger partial charge in [0.05, 0.1) is 40.4 Å². The smallest absolute Gasteiger partial charge is 0.490 e. The summed E-state index contributed by atoms with van der Waals surface area (Å²) < 4.78 is 174. The molecule has 12 heterocycles. The summed E-state index contributed by atoms with van der Waals surface area (Å²) in [4.78, 5) is 134. The fourth-order valence-electron chi connectivity index (χ4n) is 13.6. The van der Waals surface area contributed by atoms with Crippen LogP contribution in [-0.2, 0) is 73.5 Å². The molecule has 4 aromatic carbocycles. The molecule has 780 valence electrons. The molecule has 4 fully saturated rings. The van der Waals surface area contributed by atoms with E-state index in [1.165, 1.54) is 18.3 Å². The Kier molecular flexibility index (Phi) is 39.8. The molecule has 12 aromatic rings. The fourth-order valence-corrected chi connectivity index (χ4v) is 13.6. The number of halogens is 12. The van der Waals surface area contributed by atoms with Crippen LogP contribution in [0.5, 0.6) is 58.5 Å². The highest BCUT2D eigenvalue weighted by Crippen LogP contribution is 2.34. The van der Waals surface area contributed by atoms with Gasteiger partial charge in [0.15, 0.2) is 56.2 Å². The van der Waals surface area contributed by atoms with E-state index in [9.17, 15) is 71.9 Å². The minimum absolute atomic E-state index is 0.148. The number of nitrogens with one attached hydrogen (secondary N) is 4. The van der Waals surface area contributed by atoms with Crippen LogP contribution in [0.15, 0.2) is 116 Å². The first kappa shape index (κ1) is 113. The van der Waals surface area contributed by atoms with Gasteiger partial charge < -0.3 is 89.7 Å². The second-order valence-corrected chi connectivity index (χ2v) is 30.9. The molecule has 0 aliphatic carbocycles. The van der Waals surface area contributed by atoms with Gasteiger partial charge in [0.25, 0.3) is 22.2 Å². The van der Waals surface area contributed by atoms with Crippen molar-refractivity contribution in [1.29, 1.82) is 0 Å². The molecule has 8 aromatic heterocycles. The minimum atomic E-state index is -5.08. The maximum absolute atomic E-state index is 13.2. The Morgan fingerprint density at radius 1 is 0.336 bits per heavy atom. The van der Waals surface area contributed by atoms with Crippen molar-refractivity contribution in [2.75, 3.05) is 139 Å². The number of hydrogen-bond acceptors (Lipinski definition) is 30. The molecule has 8 N–H and O–H groups in total. The van der Waals surface area contributed by atoms with Crippen LogP contribution in [0.4, 0.5) is 76.5 Å². The number of carboxylic acid groups (broad SMARTS) is 4. The summed E-state index contributed by atoms with van der Waals surface area (Å²) >= 11 is 0. The molecule has 54 heteroatoms. The number of aliphatic carboxylic acids is 4. The van der Waals surface area contributed by atoms with Gasteiger partial charge in [-0.2, -0.15) is 92.6 Å². The summed E-state index contributed by atoms with van der Waals surface area (Å²) in [5.41, 5.74) is 4.39. The Morgan fingerprint density at radius 3 is 0.856 bits per heavy atom. The van der Waals surface area contributed by atoms with Crippen molar-refractivity contribution < 1.29 is 121 Å². The van der Waals surface area contributed by atoms with Gasteiger partial charge in [-0.1, -0.05) is 77.8 Å². The molecule has 0 atom stereocenters. The van der Waals surface area contributed by atoms with Gasteiger partial charge in [-0.3, -0.25) is 55.7 Å². The van der Waals surface area contributed by atoms with Gasteiger partial charge in [-0.15, -0.1) is 23.7 Å². The van der Waals surface area contributed by atoms with Gasteiger partial charge in [0.1, 0.15) is 23.0 Å². The molecule has 146 heavy (non-hydrogen) atoms. The zero-order chi connectivity index (χ0) is 107. The third kappa shape index (κ3) is 29.8. The predicted octanol–water partition coefficient (Wildman–Crippen LogP) is 8.59. The maximum atomic E-state index is 13.2. The van der Waals surface area contributed by atoms with E-state index in [2.05, 4.69) is 108 Å². The standard InChI is InChI=1S/2C21H24N6O3.2C21H24N6O2.4C2HF3O2/c1-4-5-11-27-17-18(23-20(27)26-12-9-22-10-13-26)24-21(25(2)19(17)28)30-16-8-6-7-15(14-16)29-3;1-4-5-12-27-17-18(23-20(27)26-13-10-22-11-14-26)24-21(25(2)19(17)28)30-16-9-7-6-8-15(16)29-3;1-4-5-12-27-17-18(23-20(27)26-13-10-22-11-14-26)24-21(25(3)19(17)28)29-16-8-6-15(2)7-9-16;1-4-5-12-27-17-18(23-20(27)26-13-10-22-11-14-26)24-21(25(3)19(17)28)29-16-9-7-6-8-15(16)2;4*3-2(4,5)1(6)7/h6-8,14,22H,9-13H2,1-3H3;6-9,22H,10-14H2,1-3H3;2*6-9,22H,10-14H2,1-3H3;4*(H,6,7). The average molecular weight is 2060 g/mol. The second kappa shape index (κ2) is 51.4. The molecule has 4 aliphatic rings. The van der Waals surface area contributed by atoms with Gasteiger partial charge >= 0.3 is 72.6 Å². The van der Waals surface area contributed by atoms with Crippen LogP contribution in [0.2, 0.25) is 0 Å². The summed E-state index contributed by atoms with van der Waals surface area (Å²) in [6.07, 6.45) is -20.3. The average Bonchev–Trinajstić information content (AvgIpc) is 1.63. The van der Waals surface area contributed by atoms with Crippen molar-refractivity contribution in [2.45, 2.75) is 92.4 Å². The molecule has 0 saturated carbocycles. The van der Waals surface area contributed by atoms with Gasteiger partial charge in [-0.25, -0.2) is 19.2 Å². The molecular weight excluding hydrogens is 1960 g/mol. The first-order chi connectivity index (χ1) is 69.2. The van der Waals surface area contributed by atoms with Crippen LogP contribution in [0.25, 0.3) is 44.7 Å². The lowest BCUT2D eigenvalue weighted by atomic mass is 10.2. The van der Waals surface area contributed by atoms with E-state index < -0.39 is 48.6 Å². The van der Waals surface area contributed by atoms with E-state index in [4.69, 9.17) is 88.0 Å². The van der Waals surface area contributed by atoms with Crippen LogP contribution in [0.1, 0.15) is 38.8 Å². The number of methoxy groups -OCH3 is 2. The molecule has 0 amide bonds. The van der Waals surface area contributed by atoms with Crippen LogP contribution in [0.3, 0.4) is 0 Å². The number of para-hydroxylation sites is 3. The SMILES string of the molecule is CC#CCn1c(N2CCNCC2)nc2nc(Oc3ccc(C)cc3)n(C)c(=O)c21.CC#CCn1c(N2CCNCC2)nc2nc(Oc3cccc(OC)c3)n(C)c(=O)c21.CC#CCn1c(N2CCNCC2)nc2nc(Oc3ccccc3C)n(C)c(=O)c21.CC#CCn1c(N2CCNCC2)nc2nc(Oc3ccccc3OC)n(C)c(=O)c21.O=C(O)C(F)(F)F.O=C(O)C(F)(F)F.O=C(O)C(F)(F)F.O=C(O)C(F)(F)F. The lowest BCUT2D eigenvalue weighted by molar-refractivity contribution is -0.193. The second-order valence-electron chi connectivity index (χ2n) is 30.9. The Labute approximate surface area is 822 Å². The van der Waals surface area contributed by atoms with Gasteiger partial charge in [0.2, 0.25) is 23.8 Å². The Bertz CT molecular complexity index is 7070. The molecule has 0 spiro atoms. The van der Waals surface area contributed by atoms with E-state index >= 15 is 0 Å². The lowest BCUT2D eigenvalue weighted by Crippen LogP contribution is -2.44. The fraction of sp³-hybridized carbons (Fsp3) is 0.391. The summed E-state index contributed by atoms with van der Waals surface area (Å²) in [5, 5.41) is 41.8. The molecule has 42 nitrogen and oxygen atoms in total. The quantitative estimate of drug-likeness (QED) is 0.0294. The van der Waals surface area contributed by atoms with E-state index in [-0.39, 0.29) is 46.3 Å². The first-order valence-electron chi connectivity index (χ1n) is 43.8. The number of nitrogens with zero attached hydrogens (tertiary/aromatic N) is 20. The number of aromatic nitrogens is 16. The Morgan fingerprint density at radius 2 is 0.589 bits per heavy atom. The number of piperazine rings is 4. The number of aryl methyl sites for hydroxylation is 2. The Balaban J connectivity index is 0.000000198. The molecule has 4 aliphatic heterocycles. The van der Waals surface area contributed by atoms with Crippen molar-refractivity contribution in [2.24, 2.45) is 28.2 Å². The topological polar surface area (TPSA) is 477 Å². The minimum Gasteiger partial charge on any atom is -0.497 e. The summed E-state index contributed by atoms with van der Waals surface area (Å²) in [6.45, 7) is 26.0. The van der Waals surface area contributed by atoms with Crippen LogP contribution < -0.4 is 91.5 Å². The number of carbonyl (C=O) groups is 4. The van der Waals surface area contributed by atoms with Crippen molar-refractivity contribution in [3.8, 4) is 106 Å². The van der Waals surface area contributed by atoms with Gasteiger partial charge in [-0.05, 0) is 89.6 Å². The van der Waals surface area contributed by atoms with Crippen LogP contribution in [-0.4, -0.2) is 264 Å². The normalized spacial score (nSPS) is 13.4. The predicted molar refractivity (Wildman–Crippen MR) is 509 cm³/mol. The number of anilines is 4. The van der Waals surface area contributed by atoms with Crippen molar-refractivity contribution in [1.82, 2.24) is 97.7 Å². The van der Waals surface area contributed by atoms with E-state index in [0.717, 1.165) is 128 Å². The highest BCUT2D eigenvalue weighted by atomic mass is 19.4. The zero-order valence-corrected chi connectivity index (χ0v) is 80.4. The number of rotatable bonds is 18. The van der Waals surface area contributed by atoms with E-state index in [1.807, 2.05) is 105 Å². The van der Waals surface area contributed by atoms with Gasteiger partial charge in [0, 0.05) is 139 Å². The third-order valence-corrected chi connectivity index (χ3v) is 21.0. The summed E-state index contributed by atoms with van der Waals surface area (Å²) in [5.74, 6) is 19.1. The zero-order valence-electron chi connectivity index (χ0n) is 80.4. The number of hydrogen-bond donors (Lipinski definition) is 8. The van der Waals surface area contributed by atoms with Crippen molar-refractivity contribution in [3.05, 3.63) is 150 Å². The highest BCUT2D eigenvalue weighted by Gasteiger charge is 2.41.